The van der Waals surface area contributed by atoms with Crippen LogP contribution in [0, 0.1) is 19.8 Å². The number of aryl methyl sites for hydroxylation is 2. The second-order valence-corrected chi connectivity index (χ2v) is 7.34. The zero-order valence-corrected chi connectivity index (χ0v) is 15.7. The quantitative estimate of drug-likeness (QED) is 0.860. The molecule has 0 aromatic heterocycles. The lowest BCUT2D eigenvalue weighted by atomic mass is 9.94. The van der Waals surface area contributed by atoms with Crippen LogP contribution < -0.4 is 5.73 Å². The molecule has 2 N–H and O–H groups in total. The molecule has 0 bridgehead atoms. The maximum atomic E-state index is 13.2. The van der Waals surface area contributed by atoms with Gasteiger partial charge < -0.3 is 10.6 Å². The van der Waals surface area contributed by atoms with E-state index in [0.717, 1.165) is 17.5 Å². The maximum absolute atomic E-state index is 13.2. The highest BCUT2D eigenvalue weighted by Gasteiger charge is 2.33. The average molecular weight is 350 g/mol. The van der Waals surface area contributed by atoms with E-state index in [9.17, 15) is 9.59 Å². The molecule has 3 rings (SSSR count). The van der Waals surface area contributed by atoms with E-state index in [-0.39, 0.29) is 17.7 Å². The van der Waals surface area contributed by atoms with E-state index >= 15 is 0 Å². The van der Waals surface area contributed by atoms with Gasteiger partial charge in [-0.05, 0) is 57.4 Å². The van der Waals surface area contributed by atoms with Gasteiger partial charge in [0.1, 0.15) is 0 Å². The molecule has 4 nitrogen and oxygen atoms in total. The number of hydrogen-bond acceptors (Lipinski definition) is 3. The van der Waals surface area contributed by atoms with Gasteiger partial charge in [0, 0.05) is 23.7 Å². The Labute approximate surface area is 155 Å². The third kappa shape index (κ3) is 3.42. The summed E-state index contributed by atoms with van der Waals surface area (Å²) in [6, 6.07) is 13.1. The molecule has 1 heterocycles. The number of rotatable bonds is 4. The standard InChI is InChI=1S/C22H26N2O2/c1-14-8-9-15(2)20(10-14)21(25)18-6-4-5-7-19(18)22(26)24-13-17(12-23)11-16(24)3/h4-10,16-17H,11-13,23H2,1-3H3. The van der Waals surface area contributed by atoms with Crippen LogP contribution in [-0.2, 0) is 0 Å². The van der Waals surface area contributed by atoms with E-state index in [1.165, 1.54) is 0 Å². The van der Waals surface area contributed by atoms with Crippen LogP contribution in [0.15, 0.2) is 42.5 Å². The fourth-order valence-corrected chi connectivity index (χ4v) is 3.74. The van der Waals surface area contributed by atoms with Crippen molar-refractivity contribution < 1.29 is 9.59 Å². The summed E-state index contributed by atoms with van der Waals surface area (Å²) in [7, 11) is 0. The van der Waals surface area contributed by atoms with Crippen LogP contribution in [0.5, 0.6) is 0 Å². The number of carbonyl (C=O) groups is 2. The summed E-state index contributed by atoms with van der Waals surface area (Å²) in [5.74, 6) is 0.149. The van der Waals surface area contributed by atoms with E-state index < -0.39 is 0 Å². The van der Waals surface area contributed by atoms with Gasteiger partial charge in [-0.1, -0.05) is 35.9 Å². The summed E-state index contributed by atoms with van der Waals surface area (Å²) < 4.78 is 0. The summed E-state index contributed by atoms with van der Waals surface area (Å²) in [5.41, 5.74) is 9.33. The molecule has 1 amide bonds. The molecule has 2 aromatic carbocycles. The van der Waals surface area contributed by atoms with Crippen molar-refractivity contribution >= 4 is 11.7 Å². The Morgan fingerprint density at radius 2 is 1.77 bits per heavy atom. The van der Waals surface area contributed by atoms with Crippen molar-refractivity contribution in [2.75, 3.05) is 13.1 Å². The fourth-order valence-electron chi connectivity index (χ4n) is 3.74. The van der Waals surface area contributed by atoms with Crippen molar-refractivity contribution in [3.05, 3.63) is 70.3 Å². The minimum atomic E-state index is -0.0997. The Morgan fingerprint density at radius 1 is 1.08 bits per heavy atom. The van der Waals surface area contributed by atoms with Crippen LogP contribution in [-0.4, -0.2) is 35.7 Å². The molecule has 0 aliphatic carbocycles. The third-order valence-electron chi connectivity index (χ3n) is 5.30. The summed E-state index contributed by atoms with van der Waals surface area (Å²) in [4.78, 5) is 28.2. The van der Waals surface area contributed by atoms with E-state index in [4.69, 9.17) is 5.73 Å². The van der Waals surface area contributed by atoms with Crippen LogP contribution in [0.25, 0.3) is 0 Å². The molecule has 1 aliphatic heterocycles. The Bertz CT molecular complexity index is 844. The average Bonchev–Trinajstić information content (AvgIpc) is 3.03. The predicted molar refractivity (Wildman–Crippen MR) is 103 cm³/mol. The lowest BCUT2D eigenvalue weighted by Gasteiger charge is -2.23. The molecule has 0 radical (unpaired) electrons. The summed E-state index contributed by atoms with van der Waals surface area (Å²) in [6.45, 7) is 7.17. The number of hydrogen-bond donors (Lipinski definition) is 1. The molecule has 2 atom stereocenters. The Balaban J connectivity index is 1.97. The topological polar surface area (TPSA) is 63.4 Å². The van der Waals surface area contributed by atoms with Crippen LogP contribution >= 0.6 is 0 Å². The maximum Gasteiger partial charge on any atom is 0.254 e. The second kappa shape index (κ2) is 7.42. The molecule has 2 unspecified atom stereocenters. The third-order valence-corrected chi connectivity index (χ3v) is 5.30. The number of likely N-dealkylation sites (tertiary alicyclic amines) is 1. The first-order chi connectivity index (χ1) is 12.4. The number of ketones is 1. The highest BCUT2D eigenvalue weighted by molar-refractivity contribution is 6.16. The molecular formula is C22H26N2O2. The second-order valence-electron chi connectivity index (χ2n) is 7.34. The Morgan fingerprint density at radius 3 is 2.42 bits per heavy atom. The predicted octanol–water partition coefficient (Wildman–Crippen LogP) is 3.34. The highest BCUT2D eigenvalue weighted by atomic mass is 16.2. The zero-order valence-electron chi connectivity index (χ0n) is 15.7. The van der Waals surface area contributed by atoms with Crippen LogP contribution in [0.4, 0.5) is 0 Å². The first-order valence-corrected chi connectivity index (χ1v) is 9.14. The number of benzene rings is 2. The van der Waals surface area contributed by atoms with Crippen molar-refractivity contribution in [2.24, 2.45) is 11.7 Å². The minimum Gasteiger partial charge on any atom is -0.336 e. The van der Waals surface area contributed by atoms with Crippen molar-refractivity contribution in [3.8, 4) is 0 Å². The zero-order chi connectivity index (χ0) is 18.8. The summed E-state index contributed by atoms with van der Waals surface area (Å²) in [6.07, 6.45) is 0.912. The molecule has 0 spiro atoms. The number of nitrogens with two attached hydrogens (primary N) is 1. The van der Waals surface area contributed by atoms with Gasteiger partial charge >= 0.3 is 0 Å². The first-order valence-electron chi connectivity index (χ1n) is 9.14. The minimum absolute atomic E-state index is 0.0808. The molecule has 0 saturated carbocycles. The smallest absolute Gasteiger partial charge is 0.254 e. The monoisotopic (exact) mass is 350 g/mol. The van der Waals surface area contributed by atoms with E-state index in [2.05, 4.69) is 0 Å². The van der Waals surface area contributed by atoms with Gasteiger partial charge in [0.15, 0.2) is 5.78 Å². The normalized spacial score (nSPS) is 19.6. The summed E-state index contributed by atoms with van der Waals surface area (Å²) >= 11 is 0. The lowest BCUT2D eigenvalue weighted by Crippen LogP contribution is -2.35. The molecule has 1 fully saturated rings. The van der Waals surface area contributed by atoms with Crippen molar-refractivity contribution in [1.29, 1.82) is 0 Å². The van der Waals surface area contributed by atoms with Gasteiger partial charge in [0.25, 0.3) is 5.91 Å². The first kappa shape index (κ1) is 18.3. The van der Waals surface area contributed by atoms with Gasteiger partial charge in [0.2, 0.25) is 0 Å². The van der Waals surface area contributed by atoms with Gasteiger partial charge in [-0.2, -0.15) is 0 Å². The van der Waals surface area contributed by atoms with E-state index in [1.807, 2.05) is 56.0 Å². The fraction of sp³-hybridized carbons (Fsp3) is 0.364. The van der Waals surface area contributed by atoms with Gasteiger partial charge in [-0.15, -0.1) is 0 Å². The highest BCUT2D eigenvalue weighted by Crippen LogP contribution is 2.26. The molecule has 2 aromatic rings. The molecule has 4 heteroatoms. The van der Waals surface area contributed by atoms with Gasteiger partial charge in [-0.25, -0.2) is 0 Å². The van der Waals surface area contributed by atoms with Gasteiger partial charge in [-0.3, -0.25) is 9.59 Å². The molecule has 136 valence electrons. The number of carbonyl (C=O) groups excluding carboxylic acids is 2. The van der Waals surface area contributed by atoms with Crippen molar-refractivity contribution in [2.45, 2.75) is 33.2 Å². The van der Waals surface area contributed by atoms with Crippen LogP contribution in [0.3, 0.4) is 0 Å². The summed E-state index contributed by atoms with van der Waals surface area (Å²) in [5, 5.41) is 0. The Kier molecular flexibility index (Phi) is 5.23. The molecule has 26 heavy (non-hydrogen) atoms. The van der Waals surface area contributed by atoms with Crippen LogP contribution in [0.2, 0.25) is 0 Å². The van der Waals surface area contributed by atoms with Crippen molar-refractivity contribution in [3.63, 3.8) is 0 Å². The van der Waals surface area contributed by atoms with E-state index in [1.54, 1.807) is 12.1 Å². The number of amides is 1. The Hall–Kier alpha value is -2.46. The molecular weight excluding hydrogens is 324 g/mol. The SMILES string of the molecule is Cc1ccc(C)c(C(=O)c2ccccc2C(=O)N2CC(CN)CC2C)c1. The van der Waals surface area contributed by atoms with E-state index in [0.29, 0.717) is 35.7 Å². The number of nitrogens with zero attached hydrogens (tertiary/aromatic N) is 1. The van der Waals surface area contributed by atoms with Gasteiger partial charge in [0.05, 0.1) is 5.56 Å². The largest absolute Gasteiger partial charge is 0.336 e. The molecule has 1 aliphatic rings. The molecule has 1 saturated heterocycles. The van der Waals surface area contributed by atoms with Crippen LogP contribution in [0.1, 0.15) is 50.8 Å². The van der Waals surface area contributed by atoms with Crippen molar-refractivity contribution in [1.82, 2.24) is 4.90 Å². The lowest BCUT2D eigenvalue weighted by molar-refractivity contribution is 0.0739.